The van der Waals surface area contributed by atoms with Gasteiger partial charge in [0.25, 0.3) is 5.69 Å². The van der Waals surface area contributed by atoms with Crippen molar-refractivity contribution in [1.82, 2.24) is 0 Å². The van der Waals surface area contributed by atoms with E-state index in [-0.39, 0.29) is 22.9 Å². The van der Waals surface area contributed by atoms with Gasteiger partial charge >= 0.3 is 5.97 Å². The van der Waals surface area contributed by atoms with Gasteiger partial charge in [0.05, 0.1) is 22.1 Å². The van der Waals surface area contributed by atoms with E-state index in [1.807, 2.05) is 0 Å². The van der Waals surface area contributed by atoms with Crippen LogP contribution in [0.4, 0.5) is 5.69 Å². The Kier molecular flexibility index (Phi) is 4.91. The number of aliphatic carboxylic acids is 1. The van der Waals surface area contributed by atoms with Crippen LogP contribution in [0.1, 0.15) is 20.3 Å². The molecule has 2 atom stereocenters. The van der Waals surface area contributed by atoms with Crippen LogP contribution < -0.4 is 10.5 Å². The van der Waals surface area contributed by atoms with Crippen molar-refractivity contribution in [3.8, 4) is 5.75 Å². The van der Waals surface area contributed by atoms with Gasteiger partial charge in [0.1, 0.15) is 11.3 Å². The number of non-ortho nitro benzene ring substituents is 1. The smallest absolute Gasteiger partial charge is 0.323 e. The highest BCUT2D eigenvalue weighted by molar-refractivity contribution is 6.32. The van der Waals surface area contributed by atoms with E-state index < -0.39 is 22.5 Å². The van der Waals surface area contributed by atoms with Gasteiger partial charge in [-0.25, -0.2) is 0 Å². The fraction of sp³-hybridized carbons (Fsp3) is 0.417. The number of carboxylic acid groups (broad SMARTS) is 1. The molecular weight excluding hydrogens is 288 g/mol. The molecule has 0 aliphatic rings. The molecule has 0 amide bonds. The summed E-state index contributed by atoms with van der Waals surface area (Å²) in [5.74, 6) is -1.03. The summed E-state index contributed by atoms with van der Waals surface area (Å²) >= 11 is 5.88. The van der Waals surface area contributed by atoms with E-state index in [2.05, 4.69) is 0 Å². The number of benzene rings is 1. The molecule has 3 N–H and O–H groups in total. The molecule has 8 heteroatoms. The summed E-state index contributed by atoms with van der Waals surface area (Å²) in [6, 6.07) is 3.79. The van der Waals surface area contributed by atoms with Crippen LogP contribution in [0.5, 0.6) is 5.75 Å². The number of nitrogens with two attached hydrogens (primary N) is 1. The molecule has 110 valence electrons. The molecule has 0 radical (unpaired) electrons. The SMILES string of the molecule is CC(CC(C)(N)C(=O)O)Oc1cc([N+](=O)[O-])ccc1Cl. The second kappa shape index (κ2) is 6.06. The third kappa shape index (κ3) is 4.07. The Morgan fingerprint density at radius 1 is 1.65 bits per heavy atom. The Bertz CT molecular complexity index is 533. The third-order valence-corrected chi connectivity index (χ3v) is 2.97. The Morgan fingerprint density at radius 3 is 2.75 bits per heavy atom. The molecule has 0 heterocycles. The zero-order chi connectivity index (χ0) is 15.5. The molecule has 20 heavy (non-hydrogen) atoms. The van der Waals surface area contributed by atoms with E-state index >= 15 is 0 Å². The van der Waals surface area contributed by atoms with Crippen molar-refractivity contribution >= 4 is 23.3 Å². The number of carbonyl (C=O) groups is 1. The number of nitro benzene ring substituents is 1. The minimum absolute atomic E-state index is 0.0291. The lowest BCUT2D eigenvalue weighted by molar-refractivity contribution is -0.384. The molecule has 0 saturated heterocycles. The van der Waals surface area contributed by atoms with Crippen LogP contribution in [0, 0.1) is 10.1 Å². The fourth-order valence-corrected chi connectivity index (χ4v) is 1.80. The quantitative estimate of drug-likeness (QED) is 0.614. The van der Waals surface area contributed by atoms with Crippen molar-refractivity contribution in [2.24, 2.45) is 5.73 Å². The van der Waals surface area contributed by atoms with Crippen molar-refractivity contribution in [3.63, 3.8) is 0 Å². The number of hydrogen-bond donors (Lipinski definition) is 2. The van der Waals surface area contributed by atoms with Gasteiger partial charge < -0.3 is 15.6 Å². The normalized spacial score (nSPS) is 15.2. The van der Waals surface area contributed by atoms with Crippen LogP contribution in [0.2, 0.25) is 5.02 Å². The summed E-state index contributed by atoms with van der Waals surface area (Å²) in [5.41, 5.74) is 4.00. The molecule has 1 aromatic carbocycles. The maximum atomic E-state index is 10.9. The molecule has 0 fully saturated rings. The van der Waals surface area contributed by atoms with Crippen LogP contribution in [-0.2, 0) is 4.79 Å². The van der Waals surface area contributed by atoms with Gasteiger partial charge in [0, 0.05) is 12.5 Å². The largest absolute Gasteiger partial charge is 0.489 e. The first-order valence-electron chi connectivity index (χ1n) is 5.76. The number of carboxylic acids is 1. The highest BCUT2D eigenvalue weighted by Gasteiger charge is 2.31. The molecule has 0 aromatic heterocycles. The highest BCUT2D eigenvalue weighted by atomic mass is 35.5. The molecular formula is C12H15ClN2O5. The molecule has 0 saturated carbocycles. The van der Waals surface area contributed by atoms with Crippen LogP contribution in [0.15, 0.2) is 18.2 Å². The number of hydrogen-bond acceptors (Lipinski definition) is 5. The predicted molar refractivity (Wildman–Crippen MR) is 73.0 cm³/mol. The summed E-state index contributed by atoms with van der Waals surface area (Å²) in [4.78, 5) is 21.0. The number of ether oxygens (including phenoxy) is 1. The van der Waals surface area contributed by atoms with Crippen LogP contribution in [-0.4, -0.2) is 27.6 Å². The Balaban J connectivity index is 2.85. The monoisotopic (exact) mass is 302 g/mol. The zero-order valence-electron chi connectivity index (χ0n) is 11.0. The highest BCUT2D eigenvalue weighted by Crippen LogP contribution is 2.30. The van der Waals surface area contributed by atoms with Crippen molar-refractivity contribution in [2.45, 2.75) is 31.9 Å². The maximum absolute atomic E-state index is 10.9. The molecule has 1 rings (SSSR count). The summed E-state index contributed by atoms with van der Waals surface area (Å²) < 4.78 is 5.44. The van der Waals surface area contributed by atoms with Gasteiger partial charge in [-0.15, -0.1) is 0 Å². The first-order chi connectivity index (χ1) is 9.13. The average molecular weight is 303 g/mol. The van der Waals surface area contributed by atoms with E-state index in [0.29, 0.717) is 0 Å². The van der Waals surface area contributed by atoms with Crippen molar-refractivity contribution < 1.29 is 19.6 Å². The van der Waals surface area contributed by atoms with Gasteiger partial charge in [0.15, 0.2) is 0 Å². The van der Waals surface area contributed by atoms with E-state index in [0.717, 1.165) is 0 Å². The minimum Gasteiger partial charge on any atom is -0.489 e. The van der Waals surface area contributed by atoms with Gasteiger partial charge in [-0.1, -0.05) is 11.6 Å². The first-order valence-corrected chi connectivity index (χ1v) is 6.14. The van der Waals surface area contributed by atoms with Crippen molar-refractivity contribution in [2.75, 3.05) is 0 Å². The second-order valence-corrected chi connectivity index (χ2v) is 5.13. The summed E-state index contributed by atoms with van der Waals surface area (Å²) in [5, 5.41) is 19.8. The third-order valence-electron chi connectivity index (χ3n) is 2.65. The molecule has 0 aliphatic heterocycles. The minimum atomic E-state index is -1.45. The first kappa shape index (κ1) is 16.2. The van der Waals surface area contributed by atoms with E-state index in [1.165, 1.54) is 25.1 Å². The second-order valence-electron chi connectivity index (χ2n) is 4.73. The van der Waals surface area contributed by atoms with Crippen LogP contribution >= 0.6 is 11.6 Å². The van der Waals surface area contributed by atoms with Gasteiger partial charge in [-0.05, 0) is 19.9 Å². The van der Waals surface area contributed by atoms with Crippen molar-refractivity contribution in [1.29, 1.82) is 0 Å². The summed E-state index contributed by atoms with van der Waals surface area (Å²) in [6.45, 7) is 2.98. The molecule has 0 bridgehead atoms. The Hall–Kier alpha value is -1.86. The molecule has 1 aromatic rings. The van der Waals surface area contributed by atoms with E-state index in [1.54, 1.807) is 6.92 Å². The molecule has 2 unspecified atom stereocenters. The molecule has 0 spiro atoms. The summed E-state index contributed by atoms with van der Waals surface area (Å²) in [7, 11) is 0. The van der Waals surface area contributed by atoms with Gasteiger partial charge in [-0.2, -0.15) is 0 Å². The lowest BCUT2D eigenvalue weighted by atomic mass is 9.96. The lowest BCUT2D eigenvalue weighted by Crippen LogP contribution is -2.47. The Morgan fingerprint density at radius 2 is 2.25 bits per heavy atom. The van der Waals surface area contributed by atoms with E-state index in [4.69, 9.17) is 27.2 Å². The topological polar surface area (TPSA) is 116 Å². The van der Waals surface area contributed by atoms with Crippen LogP contribution in [0.25, 0.3) is 0 Å². The molecule has 0 aliphatic carbocycles. The van der Waals surface area contributed by atoms with Gasteiger partial charge in [-0.3, -0.25) is 14.9 Å². The zero-order valence-corrected chi connectivity index (χ0v) is 11.8. The number of halogens is 1. The summed E-state index contributed by atoms with van der Waals surface area (Å²) in [6.07, 6.45) is -0.540. The molecule has 7 nitrogen and oxygen atoms in total. The number of rotatable bonds is 6. The fourth-order valence-electron chi connectivity index (χ4n) is 1.64. The van der Waals surface area contributed by atoms with Gasteiger partial charge in [0.2, 0.25) is 0 Å². The van der Waals surface area contributed by atoms with Crippen molar-refractivity contribution in [3.05, 3.63) is 33.3 Å². The van der Waals surface area contributed by atoms with E-state index in [9.17, 15) is 14.9 Å². The predicted octanol–water partition coefficient (Wildman–Crippen LogP) is 2.21. The maximum Gasteiger partial charge on any atom is 0.323 e. The average Bonchev–Trinajstić information content (AvgIpc) is 2.30. The Labute approximate surface area is 120 Å². The van der Waals surface area contributed by atoms with Crippen LogP contribution in [0.3, 0.4) is 0 Å². The number of nitrogens with zero attached hydrogens (tertiary/aromatic N) is 1. The standard InChI is InChI=1S/C12H15ClN2O5/c1-7(6-12(2,14)11(16)17)20-10-5-8(15(18)19)3-4-9(10)13/h3-5,7H,6,14H2,1-2H3,(H,16,17). The lowest BCUT2D eigenvalue weighted by Gasteiger charge is -2.24. The number of nitro groups is 1.